The predicted molar refractivity (Wildman–Crippen MR) is 88.8 cm³/mol. The molecule has 0 heterocycles. The fourth-order valence-corrected chi connectivity index (χ4v) is 2.31. The first-order valence-corrected chi connectivity index (χ1v) is 7.04. The molecule has 108 valence electrons. The fraction of sp³-hybridized carbons (Fsp3) is 0.158. The quantitative estimate of drug-likeness (QED) is 0.606. The van der Waals surface area contributed by atoms with Gasteiger partial charge in [-0.25, -0.2) is 0 Å². The molecule has 0 saturated heterocycles. The van der Waals surface area contributed by atoms with E-state index in [0.29, 0.717) is 0 Å². The topological polar surface area (TPSA) is 21.3 Å². The standard InChI is InChI=1S/C19H21NO/c1-3-18(17-12-8-5-9-13-17)19(20-21-2)15-14-16-10-6-4-7-11-16/h3-15,18-20H,1H2,2H3/b15-14+. The van der Waals surface area contributed by atoms with Gasteiger partial charge >= 0.3 is 0 Å². The third kappa shape index (κ3) is 4.42. The van der Waals surface area contributed by atoms with Crippen LogP contribution in [0.3, 0.4) is 0 Å². The summed E-state index contributed by atoms with van der Waals surface area (Å²) in [5.41, 5.74) is 5.42. The molecular formula is C19H21NO. The van der Waals surface area contributed by atoms with Crippen molar-refractivity contribution in [3.05, 3.63) is 90.5 Å². The van der Waals surface area contributed by atoms with Crippen molar-refractivity contribution in [3.8, 4) is 0 Å². The number of hydrogen-bond donors (Lipinski definition) is 1. The zero-order chi connectivity index (χ0) is 14.9. The van der Waals surface area contributed by atoms with Crippen molar-refractivity contribution >= 4 is 6.08 Å². The molecule has 2 nitrogen and oxygen atoms in total. The first-order valence-electron chi connectivity index (χ1n) is 7.04. The summed E-state index contributed by atoms with van der Waals surface area (Å²) in [5.74, 6) is 0.145. The van der Waals surface area contributed by atoms with E-state index in [9.17, 15) is 0 Å². The summed E-state index contributed by atoms with van der Waals surface area (Å²) < 4.78 is 0. The normalized spacial score (nSPS) is 14.0. The molecule has 0 radical (unpaired) electrons. The molecule has 1 N–H and O–H groups in total. The summed E-state index contributed by atoms with van der Waals surface area (Å²) in [7, 11) is 1.63. The van der Waals surface area contributed by atoms with Gasteiger partial charge in [0, 0.05) is 5.92 Å². The molecule has 2 aromatic carbocycles. The van der Waals surface area contributed by atoms with Crippen LogP contribution in [0.2, 0.25) is 0 Å². The Morgan fingerprint density at radius 3 is 2.19 bits per heavy atom. The van der Waals surface area contributed by atoms with E-state index in [-0.39, 0.29) is 12.0 Å². The molecule has 0 aliphatic rings. The van der Waals surface area contributed by atoms with Gasteiger partial charge in [0.2, 0.25) is 0 Å². The molecule has 0 aromatic heterocycles. The molecule has 0 aliphatic carbocycles. The highest BCUT2D eigenvalue weighted by Crippen LogP contribution is 2.22. The second kappa shape index (κ2) is 8.20. The van der Waals surface area contributed by atoms with Gasteiger partial charge in [0.1, 0.15) is 0 Å². The van der Waals surface area contributed by atoms with Crippen molar-refractivity contribution in [3.63, 3.8) is 0 Å². The smallest absolute Gasteiger partial charge is 0.0608 e. The molecule has 2 rings (SSSR count). The lowest BCUT2D eigenvalue weighted by Crippen LogP contribution is -2.31. The predicted octanol–water partition coefficient (Wildman–Crippen LogP) is 4.19. The van der Waals surface area contributed by atoms with E-state index in [1.807, 2.05) is 42.5 Å². The highest BCUT2D eigenvalue weighted by Gasteiger charge is 2.17. The summed E-state index contributed by atoms with van der Waals surface area (Å²) in [4.78, 5) is 5.15. The van der Waals surface area contributed by atoms with Crippen molar-refractivity contribution in [2.45, 2.75) is 12.0 Å². The van der Waals surface area contributed by atoms with Crippen molar-refractivity contribution in [2.75, 3.05) is 7.11 Å². The van der Waals surface area contributed by atoms with E-state index < -0.39 is 0 Å². The van der Waals surface area contributed by atoms with Gasteiger partial charge in [0.05, 0.1) is 13.2 Å². The zero-order valence-electron chi connectivity index (χ0n) is 12.3. The van der Waals surface area contributed by atoms with Crippen LogP contribution in [-0.2, 0) is 4.84 Å². The Balaban J connectivity index is 2.21. The zero-order valence-corrected chi connectivity index (χ0v) is 12.3. The van der Waals surface area contributed by atoms with Crippen LogP contribution >= 0.6 is 0 Å². The van der Waals surface area contributed by atoms with E-state index in [1.54, 1.807) is 7.11 Å². The Bertz CT molecular complexity index is 563. The van der Waals surface area contributed by atoms with Gasteiger partial charge in [-0.2, -0.15) is 5.48 Å². The van der Waals surface area contributed by atoms with Gasteiger partial charge in [-0.15, -0.1) is 6.58 Å². The molecule has 2 heteroatoms. The molecule has 2 atom stereocenters. The molecule has 0 bridgehead atoms. The Kier molecular flexibility index (Phi) is 5.95. The minimum atomic E-state index is 0.0232. The first kappa shape index (κ1) is 15.2. The fourth-order valence-electron chi connectivity index (χ4n) is 2.31. The Labute approximate surface area is 126 Å². The highest BCUT2D eigenvalue weighted by atomic mass is 16.6. The van der Waals surface area contributed by atoms with Crippen LogP contribution in [0.4, 0.5) is 0 Å². The monoisotopic (exact) mass is 279 g/mol. The average molecular weight is 279 g/mol. The van der Waals surface area contributed by atoms with Crippen molar-refractivity contribution < 1.29 is 4.84 Å². The van der Waals surface area contributed by atoms with Gasteiger partial charge < -0.3 is 4.84 Å². The van der Waals surface area contributed by atoms with E-state index in [1.165, 1.54) is 5.56 Å². The molecule has 0 amide bonds. The van der Waals surface area contributed by atoms with Crippen LogP contribution in [0.15, 0.2) is 79.4 Å². The van der Waals surface area contributed by atoms with Gasteiger partial charge in [-0.3, -0.25) is 0 Å². The second-order valence-corrected chi connectivity index (χ2v) is 4.79. The third-order valence-corrected chi connectivity index (χ3v) is 3.37. The van der Waals surface area contributed by atoms with E-state index in [0.717, 1.165) is 5.56 Å². The maximum Gasteiger partial charge on any atom is 0.0608 e. The minimum absolute atomic E-state index is 0.0232. The largest absolute Gasteiger partial charge is 0.305 e. The van der Waals surface area contributed by atoms with Gasteiger partial charge in [-0.05, 0) is 11.1 Å². The lowest BCUT2D eigenvalue weighted by molar-refractivity contribution is 0.0702. The average Bonchev–Trinajstić information content (AvgIpc) is 2.55. The van der Waals surface area contributed by atoms with Gasteiger partial charge in [0.25, 0.3) is 0 Å². The lowest BCUT2D eigenvalue weighted by Gasteiger charge is -2.22. The van der Waals surface area contributed by atoms with Crippen LogP contribution in [0.1, 0.15) is 17.0 Å². The summed E-state index contributed by atoms with van der Waals surface area (Å²) in [6.07, 6.45) is 6.15. The Hall–Kier alpha value is -2.16. The molecule has 0 saturated carbocycles. The molecule has 2 aromatic rings. The lowest BCUT2D eigenvalue weighted by atomic mass is 9.91. The maximum atomic E-state index is 5.15. The number of benzene rings is 2. The molecule has 21 heavy (non-hydrogen) atoms. The van der Waals surface area contributed by atoms with E-state index in [4.69, 9.17) is 4.84 Å². The molecule has 0 fully saturated rings. The number of hydroxylamine groups is 1. The van der Waals surface area contributed by atoms with Crippen molar-refractivity contribution in [2.24, 2.45) is 0 Å². The van der Waals surface area contributed by atoms with Crippen LogP contribution in [-0.4, -0.2) is 13.2 Å². The Morgan fingerprint density at radius 2 is 1.62 bits per heavy atom. The van der Waals surface area contributed by atoms with Crippen LogP contribution in [0.25, 0.3) is 6.08 Å². The summed E-state index contributed by atoms with van der Waals surface area (Å²) in [6, 6.07) is 20.5. The van der Waals surface area contributed by atoms with Gasteiger partial charge in [0.15, 0.2) is 0 Å². The van der Waals surface area contributed by atoms with E-state index in [2.05, 4.69) is 48.5 Å². The molecular weight excluding hydrogens is 258 g/mol. The SMILES string of the molecule is C=CC(c1ccccc1)C(/C=C/c1ccccc1)NOC. The summed E-state index contributed by atoms with van der Waals surface area (Å²) in [6.45, 7) is 3.97. The highest BCUT2D eigenvalue weighted by molar-refractivity contribution is 5.50. The maximum absolute atomic E-state index is 5.15. The molecule has 0 aliphatic heterocycles. The van der Waals surface area contributed by atoms with Crippen LogP contribution in [0, 0.1) is 0 Å². The number of rotatable bonds is 7. The minimum Gasteiger partial charge on any atom is -0.305 e. The van der Waals surface area contributed by atoms with Crippen molar-refractivity contribution in [1.29, 1.82) is 0 Å². The molecule has 0 spiro atoms. The van der Waals surface area contributed by atoms with Crippen LogP contribution < -0.4 is 5.48 Å². The summed E-state index contributed by atoms with van der Waals surface area (Å²) >= 11 is 0. The van der Waals surface area contributed by atoms with E-state index >= 15 is 0 Å². The second-order valence-electron chi connectivity index (χ2n) is 4.79. The summed E-state index contributed by atoms with van der Waals surface area (Å²) in [5, 5.41) is 0. The van der Waals surface area contributed by atoms with Crippen molar-refractivity contribution in [1.82, 2.24) is 5.48 Å². The molecule has 2 unspecified atom stereocenters. The Morgan fingerprint density at radius 1 is 1.00 bits per heavy atom. The third-order valence-electron chi connectivity index (χ3n) is 3.37. The van der Waals surface area contributed by atoms with Gasteiger partial charge in [-0.1, -0.05) is 78.9 Å². The number of nitrogens with one attached hydrogen (secondary N) is 1. The van der Waals surface area contributed by atoms with Crippen LogP contribution in [0.5, 0.6) is 0 Å². The number of hydrogen-bond acceptors (Lipinski definition) is 2. The first-order chi connectivity index (χ1) is 10.3.